The lowest BCUT2D eigenvalue weighted by molar-refractivity contribution is -0.137. The van der Waals surface area contributed by atoms with Gasteiger partial charge in [-0.3, -0.25) is 9.59 Å². The van der Waals surface area contributed by atoms with Gasteiger partial charge in [0, 0.05) is 32.5 Å². The van der Waals surface area contributed by atoms with Crippen LogP contribution in [0, 0.1) is 6.92 Å². The van der Waals surface area contributed by atoms with Gasteiger partial charge in [-0.1, -0.05) is 29.8 Å². The van der Waals surface area contributed by atoms with Gasteiger partial charge in [-0.25, -0.2) is 4.79 Å². The molecule has 30 heavy (non-hydrogen) atoms. The number of hydrogen-bond acceptors (Lipinski definition) is 4. The Balaban J connectivity index is 2.42. The molecule has 1 aromatic rings. The van der Waals surface area contributed by atoms with Crippen molar-refractivity contribution in [3.05, 3.63) is 35.4 Å². The van der Waals surface area contributed by atoms with Crippen molar-refractivity contribution in [2.24, 2.45) is 0 Å². The number of rotatable bonds is 12. The number of aryl methyl sites for hydroxylation is 1. The summed E-state index contributed by atoms with van der Waals surface area (Å²) in [5.41, 5.74) is 1.65. The fraction of sp³-hybridized carbons (Fsp3) is 0.609. The highest BCUT2D eigenvalue weighted by Crippen LogP contribution is 2.14. The van der Waals surface area contributed by atoms with Crippen LogP contribution in [0.3, 0.4) is 0 Å². The molecule has 0 heterocycles. The van der Waals surface area contributed by atoms with E-state index in [1.54, 1.807) is 4.90 Å². The van der Waals surface area contributed by atoms with Gasteiger partial charge in [-0.05, 0) is 58.9 Å². The summed E-state index contributed by atoms with van der Waals surface area (Å²) in [5, 5.41) is 11.4. The second-order valence-corrected chi connectivity index (χ2v) is 8.55. The van der Waals surface area contributed by atoms with Crippen molar-refractivity contribution in [3.63, 3.8) is 0 Å². The molecule has 0 saturated heterocycles. The predicted octanol–water partition coefficient (Wildman–Crippen LogP) is 4.27. The van der Waals surface area contributed by atoms with Crippen LogP contribution in [0.15, 0.2) is 24.3 Å². The number of carbonyl (C=O) groups is 3. The average molecular weight is 421 g/mol. The first-order valence-electron chi connectivity index (χ1n) is 10.6. The topological polar surface area (TPSA) is 95.9 Å². The van der Waals surface area contributed by atoms with Crippen molar-refractivity contribution in [2.45, 2.75) is 78.4 Å². The summed E-state index contributed by atoms with van der Waals surface area (Å²) < 4.78 is 5.54. The lowest BCUT2D eigenvalue weighted by atomic mass is 10.1. The Morgan fingerprint density at radius 1 is 1.00 bits per heavy atom. The molecule has 0 unspecified atom stereocenters. The highest BCUT2D eigenvalue weighted by Gasteiger charge is 2.22. The summed E-state index contributed by atoms with van der Waals surface area (Å²) >= 11 is 0. The van der Waals surface area contributed by atoms with E-state index in [0.717, 1.165) is 18.4 Å². The number of carboxylic acids is 1. The number of hydrogen-bond donors (Lipinski definition) is 2. The highest BCUT2D eigenvalue weighted by molar-refractivity contribution is 5.75. The molecule has 0 saturated carbocycles. The van der Waals surface area contributed by atoms with E-state index in [-0.39, 0.29) is 18.4 Å². The molecule has 7 nitrogen and oxygen atoms in total. The molecule has 2 N–H and O–H groups in total. The number of nitrogens with zero attached hydrogens (tertiary/aromatic N) is 1. The smallest absolute Gasteiger partial charge is 0.410 e. The molecule has 0 aliphatic carbocycles. The lowest BCUT2D eigenvalue weighted by Crippen LogP contribution is -2.37. The van der Waals surface area contributed by atoms with E-state index >= 15 is 0 Å². The third-order valence-corrected chi connectivity index (χ3v) is 4.37. The van der Waals surface area contributed by atoms with Crippen LogP contribution in [0.2, 0.25) is 0 Å². The van der Waals surface area contributed by atoms with E-state index < -0.39 is 11.6 Å². The van der Waals surface area contributed by atoms with Gasteiger partial charge in [0.15, 0.2) is 0 Å². The first kappa shape index (κ1) is 25.5. The zero-order valence-electron chi connectivity index (χ0n) is 18.7. The summed E-state index contributed by atoms with van der Waals surface area (Å²) in [6, 6.07) is 8.07. The van der Waals surface area contributed by atoms with Crippen molar-refractivity contribution in [3.8, 4) is 0 Å². The van der Waals surface area contributed by atoms with Gasteiger partial charge in [-0.2, -0.15) is 0 Å². The Morgan fingerprint density at radius 2 is 1.63 bits per heavy atom. The second kappa shape index (κ2) is 12.9. The summed E-state index contributed by atoms with van der Waals surface area (Å²) in [4.78, 5) is 36.5. The number of benzene rings is 1. The molecule has 0 spiro atoms. The van der Waals surface area contributed by atoms with Crippen molar-refractivity contribution >= 4 is 18.0 Å². The quantitative estimate of drug-likeness (QED) is 0.492. The fourth-order valence-electron chi connectivity index (χ4n) is 2.78. The van der Waals surface area contributed by atoms with Crippen LogP contribution in [0.5, 0.6) is 0 Å². The minimum atomic E-state index is -0.837. The van der Waals surface area contributed by atoms with E-state index in [1.807, 2.05) is 52.0 Å². The maximum Gasteiger partial charge on any atom is 0.410 e. The second-order valence-electron chi connectivity index (χ2n) is 8.55. The lowest BCUT2D eigenvalue weighted by Gasteiger charge is -2.27. The summed E-state index contributed by atoms with van der Waals surface area (Å²) in [5.74, 6) is -0.903. The molecular weight excluding hydrogens is 384 g/mol. The normalized spacial score (nSPS) is 11.1. The first-order chi connectivity index (χ1) is 14.1. The van der Waals surface area contributed by atoms with Crippen LogP contribution in [0.25, 0.3) is 0 Å². The molecule has 0 fully saturated rings. The zero-order chi connectivity index (χ0) is 22.6. The van der Waals surface area contributed by atoms with E-state index in [2.05, 4.69) is 5.32 Å². The fourth-order valence-corrected chi connectivity index (χ4v) is 2.78. The molecule has 0 aromatic heterocycles. The zero-order valence-corrected chi connectivity index (χ0v) is 18.7. The van der Waals surface area contributed by atoms with Crippen molar-refractivity contribution in [1.29, 1.82) is 0 Å². The van der Waals surface area contributed by atoms with Crippen molar-refractivity contribution < 1.29 is 24.2 Å². The summed E-state index contributed by atoms with van der Waals surface area (Å²) in [6.07, 6.45) is 2.65. The third-order valence-electron chi connectivity index (χ3n) is 4.37. The molecule has 0 aliphatic heterocycles. The Bertz CT molecular complexity index is 680. The number of nitrogens with one attached hydrogen (secondary N) is 1. The molecule has 0 bridgehead atoms. The summed E-state index contributed by atoms with van der Waals surface area (Å²) in [6.45, 7) is 9.12. The van der Waals surface area contributed by atoms with Gasteiger partial charge < -0.3 is 20.1 Å². The van der Waals surface area contributed by atoms with Gasteiger partial charge in [0.2, 0.25) is 5.91 Å². The number of carboxylic acid groups (broad SMARTS) is 1. The summed E-state index contributed by atoms with van der Waals surface area (Å²) in [7, 11) is 0. The Kier molecular flexibility index (Phi) is 10.9. The molecule has 168 valence electrons. The first-order valence-corrected chi connectivity index (χ1v) is 10.6. The van der Waals surface area contributed by atoms with Gasteiger partial charge in [0.1, 0.15) is 5.60 Å². The van der Waals surface area contributed by atoms with Crippen molar-refractivity contribution in [2.75, 3.05) is 13.1 Å². The van der Waals surface area contributed by atoms with Crippen LogP contribution in [-0.2, 0) is 20.9 Å². The molecule has 0 radical (unpaired) electrons. The van der Waals surface area contributed by atoms with Crippen LogP contribution in [0.4, 0.5) is 4.79 Å². The number of unbranched alkanes of at least 4 members (excludes halogenated alkanes) is 2. The van der Waals surface area contributed by atoms with Crippen LogP contribution in [-0.4, -0.2) is 46.7 Å². The SMILES string of the molecule is Cc1ccc(CN(CCCCNC(=O)CCCCC(=O)O)C(=O)OC(C)(C)C)cc1. The molecule has 0 atom stereocenters. The van der Waals surface area contributed by atoms with E-state index in [4.69, 9.17) is 9.84 Å². The molecule has 2 amide bonds. The monoisotopic (exact) mass is 420 g/mol. The number of ether oxygens (including phenoxy) is 1. The maximum absolute atomic E-state index is 12.6. The Hall–Kier alpha value is -2.57. The minimum Gasteiger partial charge on any atom is -0.481 e. The minimum absolute atomic E-state index is 0.0657. The van der Waals surface area contributed by atoms with Crippen LogP contribution >= 0.6 is 0 Å². The Morgan fingerprint density at radius 3 is 2.23 bits per heavy atom. The van der Waals surface area contributed by atoms with Gasteiger partial charge in [0.25, 0.3) is 0 Å². The molecule has 1 aromatic carbocycles. The highest BCUT2D eigenvalue weighted by atomic mass is 16.6. The molecule has 7 heteroatoms. The number of carbonyl (C=O) groups excluding carboxylic acids is 2. The number of aliphatic carboxylic acids is 1. The maximum atomic E-state index is 12.6. The van der Waals surface area contributed by atoms with Gasteiger partial charge in [-0.15, -0.1) is 0 Å². The van der Waals surface area contributed by atoms with E-state index in [0.29, 0.717) is 38.9 Å². The van der Waals surface area contributed by atoms with E-state index in [9.17, 15) is 14.4 Å². The molecular formula is C23H36N2O5. The van der Waals surface area contributed by atoms with Gasteiger partial charge >= 0.3 is 12.1 Å². The van der Waals surface area contributed by atoms with Crippen LogP contribution in [0.1, 0.15) is 70.4 Å². The van der Waals surface area contributed by atoms with E-state index in [1.165, 1.54) is 5.56 Å². The number of amides is 2. The molecule has 1 rings (SSSR count). The van der Waals surface area contributed by atoms with Gasteiger partial charge in [0.05, 0.1) is 0 Å². The van der Waals surface area contributed by atoms with Crippen molar-refractivity contribution in [1.82, 2.24) is 10.2 Å². The standard InChI is InChI=1S/C23H36N2O5/c1-18-11-13-19(14-12-18)17-25(22(29)30-23(2,3)4)16-8-7-15-24-20(26)9-5-6-10-21(27)28/h11-14H,5-10,15-17H2,1-4H3,(H,24,26)(H,27,28). The average Bonchev–Trinajstić information content (AvgIpc) is 2.64. The molecule has 0 aliphatic rings. The third kappa shape index (κ3) is 12.1. The predicted molar refractivity (Wildman–Crippen MR) is 116 cm³/mol. The Labute approximate surface area is 179 Å². The van der Waals surface area contributed by atoms with Crippen LogP contribution < -0.4 is 5.32 Å². The largest absolute Gasteiger partial charge is 0.481 e.